The molecular weight excluding hydrogens is 298 g/mol. The largest absolute Gasteiger partial charge is 0.468 e. The van der Waals surface area contributed by atoms with E-state index in [4.69, 9.17) is 9.47 Å². The van der Waals surface area contributed by atoms with Crippen molar-refractivity contribution in [1.29, 1.82) is 0 Å². The molecule has 0 radical (unpaired) electrons. The van der Waals surface area contributed by atoms with Crippen molar-refractivity contribution in [1.82, 2.24) is 4.90 Å². The van der Waals surface area contributed by atoms with Gasteiger partial charge in [-0.3, -0.25) is 19.3 Å². The number of rotatable bonds is 3. The monoisotopic (exact) mass is 323 g/mol. The summed E-state index contributed by atoms with van der Waals surface area (Å²) < 4.78 is 10.0. The molecule has 3 saturated heterocycles. The Morgan fingerprint density at radius 1 is 1.04 bits per heavy atom. The number of methoxy groups -OCH3 is 1. The van der Waals surface area contributed by atoms with Crippen LogP contribution in [-0.4, -0.2) is 54.5 Å². The molecule has 0 aromatic heterocycles. The molecule has 3 heterocycles. The zero-order valence-electron chi connectivity index (χ0n) is 13.8. The van der Waals surface area contributed by atoms with Crippen molar-refractivity contribution in [2.75, 3.05) is 13.7 Å². The number of esters is 2. The summed E-state index contributed by atoms with van der Waals surface area (Å²) in [5, 5.41) is 0. The van der Waals surface area contributed by atoms with Crippen LogP contribution in [0.3, 0.4) is 0 Å². The summed E-state index contributed by atoms with van der Waals surface area (Å²) in [6, 6.07) is 0.126. The number of carbonyl (C=O) groups excluding carboxylic acids is 3. The molecule has 128 valence electrons. The van der Waals surface area contributed by atoms with Gasteiger partial charge in [0, 0.05) is 18.1 Å². The fourth-order valence-corrected chi connectivity index (χ4v) is 4.81. The van der Waals surface area contributed by atoms with Crippen LogP contribution in [0.25, 0.3) is 0 Å². The average molecular weight is 323 g/mol. The van der Waals surface area contributed by atoms with Gasteiger partial charge in [0.1, 0.15) is 11.8 Å². The molecule has 0 N–H and O–H groups in total. The first-order valence-electron chi connectivity index (χ1n) is 8.65. The smallest absolute Gasteiger partial charge is 0.318 e. The van der Waals surface area contributed by atoms with Crippen LogP contribution in [0, 0.1) is 11.8 Å². The van der Waals surface area contributed by atoms with Gasteiger partial charge < -0.3 is 9.47 Å². The van der Waals surface area contributed by atoms with E-state index in [2.05, 4.69) is 4.90 Å². The van der Waals surface area contributed by atoms with Gasteiger partial charge in [-0.1, -0.05) is 12.8 Å². The second-order valence-corrected chi connectivity index (χ2v) is 6.73. The highest BCUT2D eigenvalue weighted by Gasteiger charge is 2.57. The molecule has 0 unspecified atom stereocenters. The van der Waals surface area contributed by atoms with Crippen LogP contribution < -0.4 is 0 Å². The highest BCUT2D eigenvalue weighted by atomic mass is 16.5. The Kier molecular flexibility index (Phi) is 4.71. The Morgan fingerprint density at radius 3 is 2.13 bits per heavy atom. The van der Waals surface area contributed by atoms with Crippen molar-refractivity contribution < 1.29 is 23.9 Å². The number of hydrogen-bond acceptors (Lipinski definition) is 6. The lowest BCUT2D eigenvalue weighted by Crippen LogP contribution is -2.68. The van der Waals surface area contributed by atoms with E-state index in [1.165, 1.54) is 7.11 Å². The number of ketones is 1. The standard InChI is InChI=1S/C17H25NO5/c1-3-23-17(21)14-12-9-5-7-10-6-4-8-11(18(10)12)13(15(14)19)16(20)22-2/h10-14H,3-9H2,1-2H3/t10-,11+,12+,13+,14-/m1/s1. The van der Waals surface area contributed by atoms with Crippen LogP contribution in [0.15, 0.2) is 0 Å². The summed E-state index contributed by atoms with van der Waals surface area (Å²) in [6.45, 7) is 1.97. The molecule has 0 aliphatic carbocycles. The molecule has 3 aliphatic heterocycles. The van der Waals surface area contributed by atoms with Crippen molar-refractivity contribution in [3.8, 4) is 0 Å². The summed E-state index contributed by atoms with van der Waals surface area (Å²) in [5.74, 6) is -3.01. The van der Waals surface area contributed by atoms with Gasteiger partial charge in [-0.25, -0.2) is 0 Å². The predicted molar refractivity (Wildman–Crippen MR) is 81.5 cm³/mol. The molecule has 0 aromatic rings. The van der Waals surface area contributed by atoms with Gasteiger partial charge in [-0.15, -0.1) is 0 Å². The molecule has 3 rings (SSSR count). The molecule has 23 heavy (non-hydrogen) atoms. The molecule has 3 aliphatic rings. The van der Waals surface area contributed by atoms with Crippen LogP contribution >= 0.6 is 0 Å². The molecule has 6 nitrogen and oxygen atoms in total. The normalized spacial score (nSPS) is 37.0. The van der Waals surface area contributed by atoms with Crippen molar-refractivity contribution in [2.24, 2.45) is 11.8 Å². The topological polar surface area (TPSA) is 72.9 Å². The SMILES string of the molecule is CCOC(=O)[C@H]1C(=O)[C@@H](C(=O)OC)[C@@H]2CCC[C@@H]3CCC[C@@H]1N32. The highest BCUT2D eigenvalue weighted by Crippen LogP contribution is 2.44. The Hall–Kier alpha value is -1.43. The van der Waals surface area contributed by atoms with Crippen LogP contribution in [0.1, 0.15) is 45.4 Å². The third kappa shape index (κ3) is 2.67. The van der Waals surface area contributed by atoms with Crippen LogP contribution in [0.4, 0.5) is 0 Å². The second-order valence-electron chi connectivity index (χ2n) is 6.73. The maximum atomic E-state index is 13.0. The second kappa shape index (κ2) is 6.59. The quantitative estimate of drug-likeness (QED) is 0.576. The third-order valence-electron chi connectivity index (χ3n) is 5.64. The Labute approximate surface area is 136 Å². The maximum Gasteiger partial charge on any atom is 0.318 e. The van der Waals surface area contributed by atoms with E-state index in [-0.39, 0.29) is 24.5 Å². The first-order chi connectivity index (χ1) is 11.1. The van der Waals surface area contributed by atoms with E-state index in [0.29, 0.717) is 6.04 Å². The van der Waals surface area contributed by atoms with Gasteiger partial charge in [-0.2, -0.15) is 0 Å². The summed E-state index contributed by atoms with van der Waals surface area (Å²) in [4.78, 5) is 39.9. The molecule has 0 spiro atoms. The predicted octanol–water partition coefficient (Wildman–Crippen LogP) is 1.31. The minimum Gasteiger partial charge on any atom is -0.468 e. The van der Waals surface area contributed by atoms with E-state index in [0.717, 1.165) is 38.5 Å². The minimum atomic E-state index is -0.855. The molecule has 3 fully saturated rings. The Balaban J connectivity index is 1.98. The van der Waals surface area contributed by atoms with Gasteiger partial charge in [0.05, 0.1) is 13.7 Å². The van der Waals surface area contributed by atoms with E-state index < -0.39 is 23.8 Å². The van der Waals surface area contributed by atoms with Gasteiger partial charge in [0.2, 0.25) is 0 Å². The van der Waals surface area contributed by atoms with E-state index in [1.807, 2.05) is 0 Å². The number of piperidine rings is 3. The van der Waals surface area contributed by atoms with Crippen LogP contribution in [0.2, 0.25) is 0 Å². The average Bonchev–Trinajstić information content (AvgIpc) is 2.55. The number of hydrogen-bond donors (Lipinski definition) is 0. The molecule has 0 amide bonds. The molecular formula is C17H25NO5. The lowest BCUT2D eigenvalue weighted by Gasteiger charge is -2.55. The van der Waals surface area contributed by atoms with Gasteiger partial charge in [-0.05, 0) is 32.6 Å². The Bertz CT molecular complexity index is 503. The Morgan fingerprint density at radius 2 is 1.61 bits per heavy atom. The van der Waals surface area contributed by atoms with E-state index in [1.54, 1.807) is 6.92 Å². The third-order valence-corrected chi connectivity index (χ3v) is 5.64. The fraction of sp³-hybridized carbons (Fsp3) is 0.824. The first-order valence-corrected chi connectivity index (χ1v) is 8.65. The first kappa shape index (κ1) is 16.4. The van der Waals surface area contributed by atoms with Crippen molar-refractivity contribution in [3.05, 3.63) is 0 Å². The summed E-state index contributed by atoms with van der Waals surface area (Å²) in [7, 11) is 1.30. The maximum absolute atomic E-state index is 13.0. The lowest BCUT2D eigenvalue weighted by molar-refractivity contribution is -0.174. The lowest BCUT2D eigenvalue weighted by atomic mass is 9.69. The molecule has 5 atom stereocenters. The van der Waals surface area contributed by atoms with Gasteiger partial charge in [0.25, 0.3) is 0 Å². The van der Waals surface area contributed by atoms with Crippen molar-refractivity contribution >= 4 is 17.7 Å². The minimum absolute atomic E-state index is 0.119. The number of carbonyl (C=O) groups is 3. The number of nitrogens with zero attached hydrogens (tertiary/aromatic N) is 1. The molecule has 0 bridgehead atoms. The van der Waals surface area contributed by atoms with Crippen molar-refractivity contribution in [2.45, 2.75) is 63.6 Å². The number of ether oxygens (including phenoxy) is 2. The van der Waals surface area contributed by atoms with Gasteiger partial charge >= 0.3 is 11.9 Å². The summed E-state index contributed by atoms with van der Waals surface area (Å²) in [6.07, 6.45) is 5.81. The van der Waals surface area contributed by atoms with Crippen LogP contribution in [0.5, 0.6) is 0 Å². The van der Waals surface area contributed by atoms with Crippen LogP contribution in [-0.2, 0) is 23.9 Å². The fourth-order valence-electron chi connectivity index (χ4n) is 4.81. The summed E-state index contributed by atoms with van der Waals surface area (Å²) >= 11 is 0. The molecule has 0 saturated carbocycles. The molecule has 6 heteroatoms. The van der Waals surface area contributed by atoms with E-state index >= 15 is 0 Å². The van der Waals surface area contributed by atoms with E-state index in [9.17, 15) is 14.4 Å². The highest BCUT2D eigenvalue weighted by molar-refractivity contribution is 6.10. The molecule has 0 aromatic carbocycles. The zero-order valence-corrected chi connectivity index (χ0v) is 13.8. The van der Waals surface area contributed by atoms with Crippen molar-refractivity contribution in [3.63, 3.8) is 0 Å². The number of Topliss-reactive ketones (excluding diaryl/α,β-unsaturated/α-hetero) is 1. The zero-order chi connectivity index (χ0) is 16.6. The van der Waals surface area contributed by atoms with Gasteiger partial charge in [0.15, 0.2) is 5.78 Å². The summed E-state index contributed by atoms with van der Waals surface area (Å²) in [5.41, 5.74) is 0.